The van der Waals surface area contributed by atoms with Gasteiger partial charge in [-0.2, -0.15) is 0 Å². The Morgan fingerprint density at radius 1 is 0.812 bits per heavy atom. The first kappa shape index (κ1) is 20.3. The van der Waals surface area contributed by atoms with E-state index < -0.39 is 0 Å². The average Bonchev–Trinajstić information content (AvgIpc) is 3.50. The third-order valence-corrected chi connectivity index (χ3v) is 6.00. The fraction of sp³-hybridized carbons (Fsp3) is 0.207. The number of furan rings is 1. The summed E-state index contributed by atoms with van der Waals surface area (Å²) in [7, 11) is 0. The molecule has 3 nitrogen and oxygen atoms in total. The van der Waals surface area contributed by atoms with Crippen molar-refractivity contribution in [2.24, 2.45) is 0 Å². The molecule has 0 amide bonds. The highest BCUT2D eigenvalue weighted by Gasteiger charge is 2.10. The molecule has 32 heavy (non-hydrogen) atoms. The maximum atomic E-state index is 6.16. The van der Waals surface area contributed by atoms with Crippen LogP contribution in [0.4, 0.5) is 0 Å². The van der Waals surface area contributed by atoms with Gasteiger partial charge in [-0.3, -0.25) is 4.57 Å². The maximum absolute atomic E-state index is 6.16. The first-order chi connectivity index (χ1) is 15.8. The Hall–Kier alpha value is -3.59. The van der Waals surface area contributed by atoms with E-state index in [2.05, 4.69) is 77.1 Å². The highest BCUT2D eigenvalue weighted by molar-refractivity contribution is 5.83. The largest absolute Gasteiger partial charge is 0.456 e. The second-order valence-corrected chi connectivity index (χ2v) is 8.33. The van der Waals surface area contributed by atoms with Gasteiger partial charge in [0, 0.05) is 34.6 Å². The number of imidazole rings is 1. The quantitative estimate of drug-likeness (QED) is 0.238. The van der Waals surface area contributed by atoms with Crippen LogP contribution in [0, 0.1) is 0 Å². The third kappa shape index (κ3) is 4.24. The Morgan fingerprint density at radius 3 is 2.47 bits per heavy atom. The summed E-state index contributed by atoms with van der Waals surface area (Å²) in [5, 5.41) is 1.18. The molecule has 0 unspecified atom stereocenters. The van der Waals surface area contributed by atoms with E-state index in [0.29, 0.717) is 0 Å². The number of hydrogen-bond acceptors (Lipinski definition) is 2. The van der Waals surface area contributed by atoms with E-state index in [1.165, 1.54) is 36.6 Å². The van der Waals surface area contributed by atoms with Crippen molar-refractivity contribution >= 4 is 11.0 Å². The molecule has 2 heterocycles. The van der Waals surface area contributed by atoms with Crippen molar-refractivity contribution in [1.82, 2.24) is 9.55 Å². The predicted molar refractivity (Wildman–Crippen MR) is 132 cm³/mol. The van der Waals surface area contributed by atoms with Crippen LogP contribution < -0.4 is 0 Å². The molecule has 0 fully saturated rings. The molecule has 0 N–H and O–H groups in total. The molecule has 5 aromatic rings. The number of hydrogen-bond donors (Lipinski definition) is 0. The first-order valence-corrected chi connectivity index (χ1v) is 11.5. The maximum Gasteiger partial charge on any atom is 0.144 e. The minimum atomic E-state index is 0.906. The van der Waals surface area contributed by atoms with Crippen molar-refractivity contribution in [3.8, 4) is 28.4 Å². The van der Waals surface area contributed by atoms with Crippen molar-refractivity contribution < 1.29 is 4.42 Å². The molecule has 2 aromatic heterocycles. The van der Waals surface area contributed by atoms with E-state index in [-0.39, 0.29) is 0 Å². The van der Waals surface area contributed by atoms with Crippen LogP contribution in [0.5, 0.6) is 0 Å². The van der Waals surface area contributed by atoms with Crippen LogP contribution in [-0.4, -0.2) is 9.55 Å². The molecule has 160 valence electrons. The second-order valence-electron chi connectivity index (χ2n) is 8.33. The van der Waals surface area contributed by atoms with Crippen molar-refractivity contribution in [1.29, 1.82) is 0 Å². The lowest BCUT2D eigenvalue weighted by atomic mass is 10.0. The normalized spacial score (nSPS) is 11.3. The molecule has 0 aliphatic carbocycles. The van der Waals surface area contributed by atoms with Crippen LogP contribution in [-0.2, 0) is 6.42 Å². The van der Waals surface area contributed by atoms with E-state index in [4.69, 9.17) is 4.42 Å². The van der Waals surface area contributed by atoms with Gasteiger partial charge in [0.2, 0.25) is 0 Å². The van der Waals surface area contributed by atoms with Crippen molar-refractivity contribution in [2.45, 2.75) is 39.0 Å². The van der Waals surface area contributed by atoms with Gasteiger partial charge in [-0.15, -0.1) is 0 Å². The molecular formula is C29H28N2O. The summed E-state index contributed by atoms with van der Waals surface area (Å²) < 4.78 is 8.27. The van der Waals surface area contributed by atoms with Crippen molar-refractivity contribution in [3.63, 3.8) is 0 Å². The zero-order valence-electron chi connectivity index (χ0n) is 18.5. The van der Waals surface area contributed by atoms with Crippen molar-refractivity contribution in [2.75, 3.05) is 0 Å². The number of rotatable bonds is 8. The number of fused-ring (bicyclic) bond motifs is 1. The zero-order valence-corrected chi connectivity index (χ0v) is 18.5. The van der Waals surface area contributed by atoms with Crippen LogP contribution in [0.25, 0.3) is 39.4 Å². The minimum absolute atomic E-state index is 0.906. The van der Waals surface area contributed by atoms with E-state index in [1.54, 1.807) is 0 Å². The lowest BCUT2D eigenvalue weighted by molar-refractivity contribution is 0.631. The summed E-state index contributed by atoms with van der Waals surface area (Å²) >= 11 is 0. The Bertz CT molecular complexity index is 1300. The Kier molecular flexibility index (Phi) is 5.89. The fourth-order valence-corrected chi connectivity index (χ4v) is 4.25. The van der Waals surface area contributed by atoms with Gasteiger partial charge in [-0.1, -0.05) is 62.6 Å². The summed E-state index contributed by atoms with van der Waals surface area (Å²) in [6, 6.07) is 27.5. The van der Waals surface area contributed by atoms with E-state index in [1.807, 2.05) is 30.6 Å². The van der Waals surface area contributed by atoms with Crippen LogP contribution in [0.3, 0.4) is 0 Å². The number of nitrogens with zero attached hydrogens (tertiary/aromatic N) is 2. The SMILES string of the molecule is CCCCCCc1ccc2oc(-c3ccc(-n4ccnc4-c4ccccc4)cc3)cc2c1. The Labute approximate surface area is 189 Å². The highest BCUT2D eigenvalue weighted by Crippen LogP contribution is 2.30. The molecule has 0 bridgehead atoms. The zero-order chi connectivity index (χ0) is 21.8. The summed E-state index contributed by atoms with van der Waals surface area (Å²) in [4.78, 5) is 4.56. The Morgan fingerprint density at radius 2 is 1.66 bits per heavy atom. The first-order valence-electron chi connectivity index (χ1n) is 11.5. The fourth-order valence-electron chi connectivity index (χ4n) is 4.25. The lowest BCUT2D eigenvalue weighted by Crippen LogP contribution is -1.96. The van der Waals surface area contributed by atoms with Gasteiger partial charge in [-0.25, -0.2) is 4.98 Å². The molecule has 5 rings (SSSR count). The molecular weight excluding hydrogens is 392 g/mol. The summed E-state index contributed by atoms with van der Waals surface area (Å²) in [6.45, 7) is 2.25. The highest BCUT2D eigenvalue weighted by atomic mass is 16.3. The third-order valence-electron chi connectivity index (χ3n) is 6.00. The van der Waals surface area contributed by atoms with Crippen LogP contribution in [0.1, 0.15) is 38.2 Å². The molecule has 0 atom stereocenters. The number of aryl methyl sites for hydroxylation is 1. The van der Waals surface area contributed by atoms with Gasteiger partial charge in [0.25, 0.3) is 0 Å². The summed E-state index contributed by atoms with van der Waals surface area (Å²) in [5.41, 5.74) is 5.60. The number of benzene rings is 3. The molecule has 3 heteroatoms. The molecule has 0 radical (unpaired) electrons. The second kappa shape index (κ2) is 9.27. The van der Waals surface area contributed by atoms with Crippen LogP contribution >= 0.6 is 0 Å². The molecule has 0 saturated carbocycles. The van der Waals surface area contributed by atoms with Gasteiger partial charge in [0.1, 0.15) is 17.2 Å². The van der Waals surface area contributed by atoms with Gasteiger partial charge in [-0.05, 0) is 60.9 Å². The Balaban J connectivity index is 1.37. The van der Waals surface area contributed by atoms with Gasteiger partial charge in [0.15, 0.2) is 0 Å². The number of unbranched alkanes of at least 4 members (excludes halogenated alkanes) is 3. The van der Waals surface area contributed by atoms with E-state index in [9.17, 15) is 0 Å². The lowest BCUT2D eigenvalue weighted by Gasteiger charge is -2.08. The molecule has 0 aliphatic heterocycles. The monoisotopic (exact) mass is 420 g/mol. The average molecular weight is 421 g/mol. The smallest absolute Gasteiger partial charge is 0.144 e. The number of aromatic nitrogens is 2. The molecule has 3 aromatic carbocycles. The standard InChI is InChI=1S/C29H28N2O/c1-2-3-4-6-9-22-12-17-27-25(20-22)21-28(32-27)23-13-15-26(16-14-23)31-19-18-30-29(31)24-10-7-5-8-11-24/h5,7-8,10-21H,2-4,6,9H2,1H3. The van der Waals surface area contributed by atoms with Gasteiger partial charge < -0.3 is 4.42 Å². The minimum Gasteiger partial charge on any atom is -0.456 e. The van der Waals surface area contributed by atoms with Gasteiger partial charge >= 0.3 is 0 Å². The van der Waals surface area contributed by atoms with E-state index in [0.717, 1.165) is 40.4 Å². The van der Waals surface area contributed by atoms with Crippen LogP contribution in [0.15, 0.2) is 95.7 Å². The molecule has 0 spiro atoms. The van der Waals surface area contributed by atoms with Gasteiger partial charge in [0.05, 0.1) is 0 Å². The molecule has 0 saturated heterocycles. The summed E-state index contributed by atoms with van der Waals surface area (Å²) in [6.07, 6.45) is 10.1. The predicted octanol–water partition coefficient (Wildman–Crippen LogP) is 8.08. The van der Waals surface area contributed by atoms with Crippen LogP contribution in [0.2, 0.25) is 0 Å². The van der Waals surface area contributed by atoms with E-state index >= 15 is 0 Å². The molecule has 0 aliphatic rings. The van der Waals surface area contributed by atoms with Crippen molar-refractivity contribution in [3.05, 3.63) is 96.8 Å². The summed E-state index contributed by atoms with van der Waals surface area (Å²) in [5.74, 6) is 1.84. The topological polar surface area (TPSA) is 31.0 Å².